The standard InChI is InChI=1S/C23H33NO5/c1-22(2,3)14-9-18(27)20-16-8-13(21(28)24-11-15(26)12-25)6-7-17(16)23(4,5)29-19(20)10-14/h6,9-10,15-17,25-27H,7-8,11-12H2,1-5H3,(H,24,28)/t15-,16+,17+/m0/s1. The summed E-state index contributed by atoms with van der Waals surface area (Å²) in [5.74, 6) is 0.777. The molecule has 0 saturated carbocycles. The van der Waals surface area contributed by atoms with Crippen LogP contribution in [0.4, 0.5) is 0 Å². The molecule has 1 amide bonds. The number of aliphatic hydroxyl groups is 2. The van der Waals surface area contributed by atoms with Crippen LogP contribution in [0.3, 0.4) is 0 Å². The molecule has 0 radical (unpaired) electrons. The molecule has 0 unspecified atom stereocenters. The summed E-state index contributed by atoms with van der Waals surface area (Å²) in [4.78, 5) is 12.6. The Labute approximate surface area is 172 Å². The number of benzene rings is 1. The number of rotatable bonds is 4. The van der Waals surface area contributed by atoms with E-state index in [1.165, 1.54) is 0 Å². The second-order valence-electron chi connectivity index (χ2n) is 9.79. The Hall–Kier alpha value is -2.05. The minimum atomic E-state index is -0.974. The molecule has 4 N–H and O–H groups in total. The van der Waals surface area contributed by atoms with Crippen molar-refractivity contribution in [3.63, 3.8) is 0 Å². The first kappa shape index (κ1) is 21.7. The highest BCUT2D eigenvalue weighted by molar-refractivity contribution is 5.93. The van der Waals surface area contributed by atoms with Gasteiger partial charge in [-0.3, -0.25) is 4.79 Å². The lowest BCUT2D eigenvalue weighted by atomic mass is 9.66. The maximum absolute atomic E-state index is 12.6. The smallest absolute Gasteiger partial charge is 0.246 e. The van der Waals surface area contributed by atoms with Crippen LogP contribution < -0.4 is 10.1 Å². The van der Waals surface area contributed by atoms with Gasteiger partial charge in [-0.2, -0.15) is 0 Å². The molecule has 0 bridgehead atoms. The molecule has 3 atom stereocenters. The van der Waals surface area contributed by atoms with E-state index in [2.05, 4.69) is 39.9 Å². The Morgan fingerprint density at radius 3 is 2.66 bits per heavy atom. The molecule has 1 aromatic rings. The number of phenols is 1. The largest absolute Gasteiger partial charge is 0.508 e. The van der Waals surface area contributed by atoms with Gasteiger partial charge in [-0.25, -0.2) is 0 Å². The van der Waals surface area contributed by atoms with Crippen molar-refractivity contribution in [1.82, 2.24) is 5.32 Å². The Morgan fingerprint density at radius 2 is 2.03 bits per heavy atom. The third kappa shape index (κ3) is 4.28. The SMILES string of the molecule is CC(C)(C)c1cc(O)c2c(c1)OC(C)(C)[C@@H]1CC=C(C(=O)NC[C@H](O)CO)C[C@@H]21. The number of nitrogens with one attached hydrogen (secondary N) is 1. The van der Waals surface area contributed by atoms with Crippen molar-refractivity contribution in [3.8, 4) is 11.5 Å². The lowest BCUT2D eigenvalue weighted by molar-refractivity contribution is -0.118. The molecule has 29 heavy (non-hydrogen) atoms. The van der Waals surface area contributed by atoms with Crippen molar-refractivity contribution in [3.05, 3.63) is 34.9 Å². The van der Waals surface area contributed by atoms with Crippen LogP contribution in [0.15, 0.2) is 23.8 Å². The minimum absolute atomic E-state index is 0.00610. The summed E-state index contributed by atoms with van der Waals surface area (Å²) in [6.45, 7) is 10.0. The van der Waals surface area contributed by atoms with E-state index in [0.29, 0.717) is 24.2 Å². The highest BCUT2D eigenvalue weighted by atomic mass is 16.5. The van der Waals surface area contributed by atoms with Gasteiger partial charge in [0.15, 0.2) is 0 Å². The van der Waals surface area contributed by atoms with Crippen molar-refractivity contribution < 1.29 is 24.9 Å². The molecule has 0 fully saturated rings. The van der Waals surface area contributed by atoms with Crippen LogP contribution in [0.25, 0.3) is 0 Å². The summed E-state index contributed by atoms with van der Waals surface area (Å²) in [5, 5.41) is 32.0. The molecule has 2 aliphatic rings. The number of aromatic hydroxyl groups is 1. The number of hydrogen-bond donors (Lipinski definition) is 4. The van der Waals surface area contributed by atoms with E-state index in [-0.39, 0.29) is 35.5 Å². The summed E-state index contributed by atoms with van der Waals surface area (Å²) in [5.41, 5.74) is 1.87. The first-order chi connectivity index (χ1) is 13.4. The predicted octanol–water partition coefficient (Wildman–Crippen LogP) is 2.75. The van der Waals surface area contributed by atoms with Crippen molar-refractivity contribution in [2.24, 2.45) is 5.92 Å². The molecule has 160 valence electrons. The summed E-state index contributed by atoms with van der Waals surface area (Å²) in [6, 6.07) is 3.83. The maximum Gasteiger partial charge on any atom is 0.246 e. The minimum Gasteiger partial charge on any atom is -0.508 e. The van der Waals surface area contributed by atoms with Gasteiger partial charge in [0.25, 0.3) is 0 Å². The topological polar surface area (TPSA) is 99.0 Å². The number of carbonyl (C=O) groups is 1. The van der Waals surface area contributed by atoms with Gasteiger partial charge in [-0.1, -0.05) is 26.8 Å². The quantitative estimate of drug-likeness (QED) is 0.620. The molecule has 0 aromatic heterocycles. The van der Waals surface area contributed by atoms with Crippen LogP contribution in [-0.4, -0.2) is 46.1 Å². The Balaban J connectivity index is 1.93. The van der Waals surface area contributed by atoms with E-state index in [4.69, 9.17) is 9.84 Å². The average molecular weight is 404 g/mol. The van der Waals surface area contributed by atoms with Crippen LogP contribution in [0.5, 0.6) is 11.5 Å². The van der Waals surface area contributed by atoms with Crippen LogP contribution in [0.1, 0.15) is 64.5 Å². The number of carbonyl (C=O) groups excluding carboxylic acids is 1. The molecule has 6 heteroatoms. The molecule has 1 heterocycles. The number of fused-ring (bicyclic) bond motifs is 3. The van der Waals surface area contributed by atoms with Crippen molar-refractivity contribution in [2.45, 2.75) is 70.5 Å². The molecule has 1 aromatic carbocycles. The van der Waals surface area contributed by atoms with Gasteiger partial charge >= 0.3 is 0 Å². The fourth-order valence-corrected chi connectivity index (χ4v) is 4.40. The Morgan fingerprint density at radius 1 is 1.34 bits per heavy atom. The van der Waals surface area contributed by atoms with E-state index >= 15 is 0 Å². The lowest BCUT2D eigenvalue weighted by Crippen LogP contribution is -2.46. The second-order valence-corrected chi connectivity index (χ2v) is 9.79. The molecule has 6 nitrogen and oxygen atoms in total. The van der Waals surface area contributed by atoms with Gasteiger partial charge in [0.2, 0.25) is 5.91 Å². The number of amides is 1. The van der Waals surface area contributed by atoms with Crippen LogP contribution >= 0.6 is 0 Å². The second kappa shape index (κ2) is 7.65. The predicted molar refractivity (Wildman–Crippen MR) is 111 cm³/mol. The lowest BCUT2D eigenvalue weighted by Gasteiger charge is -2.47. The molecule has 1 aliphatic heterocycles. The van der Waals surface area contributed by atoms with E-state index in [0.717, 1.165) is 11.1 Å². The number of hydrogen-bond acceptors (Lipinski definition) is 5. The fraction of sp³-hybridized carbons (Fsp3) is 0.609. The molecular formula is C23H33NO5. The normalized spacial score (nSPS) is 23.9. The van der Waals surface area contributed by atoms with Gasteiger partial charge in [0.05, 0.1) is 12.7 Å². The van der Waals surface area contributed by atoms with Gasteiger partial charge in [0.1, 0.15) is 17.1 Å². The molecule has 0 spiro atoms. The van der Waals surface area contributed by atoms with Gasteiger partial charge in [-0.05, 0) is 49.8 Å². The molecular weight excluding hydrogens is 370 g/mol. The molecule has 0 saturated heterocycles. The zero-order valence-corrected chi connectivity index (χ0v) is 18.0. The average Bonchev–Trinajstić information content (AvgIpc) is 2.63. The summed E-state index contributed by atoms with van der Waals surface area (Å²) >= 11 is 0. The van der Waals surface area contributed by atoms with E-state index < -0.39 is 18.3 Å². The van der Waals surface area contributed by atoms with Gasteiger partial charge in [-0.15, -0.1) is 0 Å². The third-order valence-corrected chi connectivity index (χ3v) is 6.17. The van der Waals surface area contributed by atoms with Crippen LogP contribution in [-0.2, 0) is 10.2 Å². The van der Waals surface area contributed by atoms with E-state index in [1.807, 2.05) is 18.2 Å². The summed E-state index contributed by atoms with van der Waals surface area (Å²) in [6.07, 6.45) is 2.12. The number of allylic oxidation sites excluding steroid dienone is 1. The first-order valence-electron chi connectivity index (χ1n) is 10.3. The zero-order valence-electron chi connectivity index (χ0n) is 18.0. The Kier molecular flexibility index (Phi) is 5.71. The van der Waals surface area contributed by atoms with Gasteiger partial charge in [0, 0.05) is 29.5 Å². The van der Waals surface area contributed by atoms with E-state index in [1.54, 1.807) is 0 Å². The third-order valence-electron chi connectivity index (χ3n) is 6.17. The molecule has 1 aliphatic carbocycles. The highest BCUT2D eigenvalue weighted by Crippen LogP contribution is 2.54. The zero-order chi connectivity index (χ0) is 21.6. The molecule has 3 rings (SSSR count). The Bertz CT molecular complexity index is 821. The highest BCUT2D eigenvalue weighted by Gasteiger charge is 2.47. The first-order valence-corrected chi connectivity index (χ1v) is 10.3. The van der Waals surface area contributed by atoms with Crippen molar-refractivity contribution in [1.29, 1.82) is 0 Å². The maximum atomic E-state index is 12.6. The number of ether oxygens (including phenoxy) is 1. The summed E-state index contributed by atoms with van der Waals surface area (Å²) < 4.78 is 6.34. The monoisotopic (exact) mass is 403 g/mol. The van der Waals surface area contributed by atoms with Crippen LogP contribution in [0, 0.1) is 5.92 Å². The van der Waals surface area contributed by atoms with Gasteiger partial charge < -0.3 is 25.4 Å². The number of aliphatic hydroxyl groups excluding tert-OH is 2. The van der Waals surface area contributed by atoms with Crippen LogP contribution in [0.2, 0.25) is 0 Å². The van der Waals surface area contributed by atoms with Crippen molar-refractivity contribution in [2.75, 3.05) is 13.2 Å². The fourth-order valence-electron chi connectivity index (χ4n) is 4.40. The number of phenolic OH excluding ortho intramolecular Hbond substituents is 1. The van der Waals surface area contributed by atoms with Crippen molar-refractivity contribution >= 4 is 5.91 Å². The van der Waals surface area contributed by atoms with E-state index in [9.17, 15) is 15.0 Å². The summed E-state index contributed by atoms with van der Waals surface area (Å²) in [7, 11) is 0.